The van der Waals surface area contributed by atoms with Crippen LogP contribution >= 0.6 is 11.6 Å². The second-order valence-corrected chi connectivity index (χ2v) is 6.21. The third kappa shape index (κ3) is 2.76. The molecule has 1 aliphatic heterocycles. The number of fused-ring (bicyclic) bond motifs is 1. The highest BCUT2D eigenvalue weighted by atomic mass is 35.5. The minimum atomic E-state index is -1.36. The molecule has 0 bridgehead atoms. The van der Waals surface area contributed by atoms with Crippen molar-refractivity contribution in [2.45, 2.75) is 24.9 Å². The molecule has 3 rings (SSSR count). The van der Waals surface area contributed by atoms with Gasteiger partial charge in [-0.25, -0.2) is 4.79 Å². The number of primary amides is 1. The molecule has 0 spiro atoms. The number of hydrogen-bond acceptors (Lipinski definition) is 4. The van der Waals surface area contributed by atoms with Gasteiger partial charge in [-0.2, -0.15) is 0 Å². The number of carbonyl (C=O) groups excluding carboxylic acids is 3. The Morgan fingerprint density at radius 2 is 2.12 bits per heavy atom. The summed E-state index contributed by atoms with van der Waals surface area (Å²) in [5.74, 6) is -1.24. The van der Waals surface area contributed by atoms with Gasteiger partial charge in [0.05, 0.1) is 6.54 Å². The molecule has 0 aliphatic carbocycles. The Bertz CT molecular complexity index is 863. The second kappa shape index (κ2) is 5.72. The van der Waals surface area contributed by atoms with Crippen LogP contribution < -0.4 is 16.4 Å². The van der Waals surface area contributed by atoms with E-state index >= 15 is 0 Å². The Kier molecular flexibility index (Phi) is 3.84. The number of carbonyl (C=O) groups is 3. The summed E-state index contributed by atoms with van der Waals surface area (Å²) in [5.41, 5.74) is 3.80. The second-order valence-electron chi connectivity index (χ2n) is 5.77. The van der Waals surface area contributed by atoms with Crippen molar-refractivity contribution in [2.24, 2.45) is 5.73 Å². The van der Waals surface area contributed by atoms with E-state index in [1.807, 2.05) is 0 Å². The smallest absolute Gasteiger partial charge is 0.322 e. The van der Waals surface area contributed by atoms with Crippen LogP contribution in [0.1, 0.15) is 12.8 Å². The number of nitrogens with two attached hydrogens (primary N) is 1. The van der Waals surface area contributed by atoms with Crippen molar-refractivity contribution in [1.82, 2.24) is 15.2 Å². The number of halogens is 1. The molecule has 1 aromatic heterocycles. The fraction of sp³-hybridized carbons (Fsp3) is 0.267. The molecule has 1 saturated heterocycles. The zero-order chi connectivity index (χ0) is 17.5. The fourth-order valence-electron chi connectivity index (χ4n) is 2.86. The molecule has 4 amide bonds. The Labute approximate surface area is 141 Å². The van der Waals surface area contributed by atoms with Crippen molar-refractivity contribution in [1.29, 1.82) is 0 Å². The Morgan fingerprint density at radius 1 is 1.38 bits per heavy atom. The number of benzene rings is 1. The number of aromatic hydroxyl groups is 1. The first kappa shape index (κ1) is 16.1. The van der Waals surface area contributed by atoms with Gasteiger partial charge in [0.25, 0.3) is 5.91 Å². The molecule has 0 saturated carbocycles. The monoisotopic (exact) mass is 350 g/mol. The number of urea groups is 1. The molecule has 1 aliphatic rings. The first-order valence-corrected chi connectivity index (χ1v) is 7.58. The highest BCUT2D eigenvalue weighted by molar-refractivity contribution is 6.31. The van der Waals surface area contributed by atoms with Gasteiger partial charge in [-0.15, -0.1) is 0 Å². The lowest BCUT2D eigenvalue weighted by molar-refractivity contribution is -0.125. The molecule has 8 nitrogen and oxygen atoms in total. The topological polar surface area (TPSA) is 126 Å². The molecular formula is C15H15ClN4O4. The summed E-state index contributed by atoms with van der Waals surface area (Å²) in [7, 11) is 0. The van der Waals surface area contributed by atoms with Crippen LogP contribution in [0, 0.1) is 0 Å². The van der Waals surface area contributed by atoms with Gasteiger partial charge in [0.15, 0.2) is 5.88 Å². The lowest BCUT2D eigenvalue weighted by Gasteiger charge is -2.26. The average Bonchev–Trinajstić information content (AvgIpc) is 2.95. The zero-order valence-electron chi connectivity index (χ0n) is 12.5. The molecule has 5 N–H and O–H groups in total. The van der Waals surface area contributed by atoms with Crippen LogP contribution in [0.15, 0.2) is 24.4 Å². The predicted octanol–water partition coefficient (Wildman–Crippen LogP) is 0.844. The molecule has 0 radical (unpaired) electrons. The van der Waals surface area contributed by atoms with Crippen LogP contribution in [0.25, 0.3) is 10.8 Å². The summed E-state index contributed by atoms with van der Waals surface area (Å²) < 4.78 is 1.44. The van der Waals surface area contributed by atoms with Crippen molar-refractivity contribution < 1.29 is 19.5 Å². The maximum absolute atomic E-state index is 12.2. The molecule has 1 unspecified atom stereocenters. The van der Waals surface area contributed by atoms with Crippen LogP contribution in [0.2, 0.25) is 5.02 Å². The van der Waals surface area contributed by atoms with Gasteiger partial charge < -0.3 is 20.7 Å². The molecule has 24 heavy (non-hydrogen) atoms. The van der Waals surface area contributed by atoms with Crippen LogP contribution in [0.3, 0.4) is 0 Å². The summed E-state index contributed by atoms with van der Waals surface area (Å²) in [6.45, 7) is -0.0456. The minimum absolute atomic E-state index is 0.0224. The van der Waals surface area contributed by atoms with Crippen molar-refractivity contribution >= 4 is 40.2 Å². The van der Waals surface area contributed by atoms with Gasteiger partial charge >= 0.3 is 6.03 Å². The van der Waals surface area contributed by atoms with Crippen LogP contribution in [-0.2, 0) is 16.1 Å². The van der Waals surface area contributed by atoms with E-state index in [0.29, 0.717) is 10.4 Å². The van der Waals surface area contributed by atoms with Crippen molar-refractivity contribution in [3.05, 3.63) is 29.4 Å². The van der Waals surface area contributed by atoms with Gasteiger partial charge in [0, 0.05) is 28.4 Å². The van der Waals surface area contributed by atoms with E-state index < -0.39 is 23.4 Å². The molecule has 1 aromatic carbocycles. The predicted molar refractivity (Wildman–Crippen MR) is 86.4 cm³/mol. The number of aromatic nitrogens is 1. The first-order valence-electron chi connectivity index (χ1n) is 7.20. The number of amides is 4. The van der Waals surface area contributed by atoms with Crippen molar-refractivity contribution in [3.8, 4) is 5.88 Å². The number of nitrogens with one attached hydrogen (secondary N) is 2. The van der Waals surface area contributed by atoms with E-state index in [2.05, 4.69) is 10.6 Å². The zero-order valence-corrected chi connectivity index (χ0v) is 13.3. The van der Waals surface area contributed by atoms with E-state index in [0.717, 1.165) is 5.39 Å². The largest absolute Gasteiger partial charge is 0.494 e. The number of rotatable bonds is 5. The summed E-state index contributed by atoms with van der Waals surface area (Å²) in [6.07, 6.45) is 1.58. The van der Waals surface area contributed by atoms with E-state index in [4.69, 9.17) is 17.3 Å². The Hall–Kier alpha value is -2.74. The Morgan fingerprint density at radius 3 is 2.75 bits per heavy atom. The molecule has 9 heteroatoms. The standard InChI is InChI=1S/C15H15ClN4O4/c16-9-2-1-8-6-20(12(22)10(8)5-9)7-15(4-3-11(17)21)13(23)18-14(24)19-15/h1-2,5-6,22H,3-4,7H2,(H2,17,21)(H2,18,19,23,24). The molecule has 126 valence electrons. The van der Waals surface area contributed by atoms with E-state index in [1.54, 1.807) is 24.4 Å². The van der Waals surface area contributed by atoms with Crippen molar-refractivity contribution in [3.63, 3.8) is 0 Å². The fourth-order valence-corrected chi connectivity index (χ4v) is 3.03. The lowest BCUT2D eigenvalue weighted by atomic mass is 9.93. The Balaban J connectivity index is 1.99. The molecule has 1 fully saturated rings. The third-order valence-corrected chi connectivity index (χ3v) is 4.31. The molecular weight excluding hydrogens is 336 g/mol. The highest BCUT2D eigenvalue weighted by Crippen LogP contribution is 2.32. The van der Waals surface area contributed by atoms with Crippen molar-refractivity contribution in [2.75, 3.05) is 0 Å². The number of imide groups is 1. The van der Waals surface area contributed by atoms with E-state index in [-0.39, 0.29) is 25.3 Å². The maximum Gasteiger partial charge on any atom is 0.322 e. The van der Waals surface area contributed by atoms with Gasteiger partial charge in [-0.1, -0.05) is 17.7 Å². The normalized spacial score (nSPS) is 20.2. The SMILES string of the molecule is NC(=O)CCC1(Cn2cc3ccc(Cl)cc3c2O)NC(=O)NC1=O. The van der Waals surface area contributed by atoms with Crippen LogP contribution in [0.4, 0.5) is 4.79 Å². The maximum atomic E-state index is 12.2. The summed E-state index contributed by atoms with van der Waals surface area (Å²) in [5, 5.41) is 16.8. The van der Waals surface area contributed by atoms with Gasteiger partial charge in [0.2, 0.25) is 5.91 Å². The molecule has 2 aromatic rings. The minimum Gasteiger partial charge on any atom is -0.494 e. The lowest BCUT2D eigenvalue weighted by Crippen LogP contribution is -2.50. The average molecular weight is 351 g/mol. The quantitative estimate of drug-likeness (QED) is 0.596. The molecule has 1 atom stereocenters. The van der Waals surface area contributed by atoms with Crippen LogP contribution in [-0.4, -0.2) is 33.1 Å². The van der Waals surface area contributed by atoms with Gasteiger partial charge in [-0.05, 0) is 18.6 Å². The van der Waals surface area contributed by atoms with Gasteiger partial charge in [0.1, 0.15) is 5.54 Å². The first-order chi connectivity index (χ1) is 11.3. The summed E-state index contributed by atoms with van der Waals surface area (Å²) in [4.78, 5) is 34.9. The van der Waals surface area contributed by atoms with Gasteiger partial charge in [-0.3, -0.25) is 14.9 Å². The summed E-state index contributed by atoms with van der Waals surface area (Å²) >= 11 is 5.93. The van der Waals surface area contributed by atoms with Crippen LogP contribution in [0.5, 0.6) is 5.88 Å². The highest BCUT2D eigenvalue weighted by Gasteiger charge is 2.46. The third-order valence-electron chi connectivity index (χ3n) is 4.08. The molecule has 2 heterocycles. The van der Waals surface area contributed by atoms with E-state index in [9.17, 15) is 19.5 Å². The summed E-state index contributed by atoms with van der Waals surface area (Å²) in [6, 6.07) is 4.37. The number of hydrogen-bond donors (Lipinski definition) is 4. The van der Waals surface area contributed by atoms with E-state index in [1.165, 1.54) is 4.57 Å². The number of nitrogens with zero attached hydrogens (tertiary/aromatic N) is 1.